The zero-order valence-electron chi connectivity index (χ0n) is 15.7. The maximum atomic E-state index is 14.0. The molecule has 26 heavy (non-hydrogen) atoms. The van der Waals surface area contributed by atoms with Crippen molar-refractivity contribution in [2.75, 3.05) is 52.5 Å². The van der Waals surface area contributed by atoms with E-state index >= 15 is 0 Å². The van der Waals surface area contributed by atoms with Gasteiger partial charge in [0.05, 0.1) is 32.0 Å². The van der Waals surface area contributed by atoms with Crippen LogP contribution in [-0.2, 0) is 16.0 Å². The van der Waals surface area contributed by atoms with E-state index in [1.807, 2.05) is 18.7 Å². The maximum Gasteiger partial charge on any atom is 0.130 e. The molecule has 0 aliphatic carbocycles. The molecule has 1 fully saturated rings. The van der Waals surface area contributed by atoms with Gasteiger partial charge in [-0.3, -0.25) is 9.80 Å². The molecule has 148 valence electrons. The van der Waals surface area contributed by atoms with Gasteiger partial charge < -0.3 is 14.6 Å². The number of halogens is 2. The standard InChI is InChI=1S/C19H30F2N2O3/c1-15(2)26-14-18(24)13-23(6-5-22-7-9-25-10-8-22)12-16-3-4-17(20)11-19(16)21/h3-4,11,15,18,24H,5-10,12-14H2,1-2H3/t18-/m0/s1. The topological polar surface area (TPSA) is 45.2 Å². The minimum Gasteiger partial charge on any atom is -0.389 e. The highest BCUT2D eigenvalue weighted by molar-refractivity contribution is 5.18. The van der Waals surface area contributed by atoms with Crippen molar-refractivity contribution in [1.82, 2.24) is 9.80 Å². The predicted octanol–water partition coefficient (Wildman–Crippen LogP) is 1.88. The number of hydrogen-bond donors (Lipinski definition) is 1. The van der Waals surface area contributed by atoms with E-state index in [1.54, 1.807) is 0 Å². The lowest BCUT2D eigenvalue weighted by atomic mass is 10.2. The minimum absolute atomic E-state index is 0.0426. The first kappa shape index (κ1) is 21.2. The second-order valence-corrected chi connectivity index (χ2v) is 6.96. The number of aliphatic hydroxyl groups is 1. The van der Waals surface area contributed by atoms with Crippen LogP contribution in [0.15, 0.2) is 18.2 Å². The lowest BCUT2D eigenvalue weighted by molar-refractivity contribution is -0.0130. The molecule has 1 heterocycles. The number of morpholine rings is 1. The second kappa shape index (κ2) is 10.9. The van der Waals surface area contributed by atoms with Gasteiger partial charge in [-0.05, 0) is 19.9 Å². The minimum atomic E-state index is -0.661. The van der Waals surface area contributed by atoms with E-state index in [9.17, 15) is 13.9 Å². The Morgan fingerprint density at radius 3 is 2.65 bits per heavy atom. The van der Waals surface area contributed by atoms with Gasteiger partial charge in [-0.1, -0.05) is 6.07 Å². The van der Waals surface area contributed by atoms with Crippen LogP contribution in [0.3, 0.4) is 0 Å². The average Bonchev–Trinajstić information content (AvgIpc) is 2.61. The molecule has 0 bridgehead atoms. The SMILES string of the molecule is CC(C)OC[C@@H](O)CN(CCN1CCOCC1)Cc1ccc(F)cc1F. The van der Waals surface area contributed by atoms with Gasteiger partial charge in [0.25, 0.3) is 0 Å². The first-order valence-corrected chi connectivity index (χ1v) is 9.20. The van der Waals surface area contributed by atoms with E-state index in [1.165, 1.54) is 12.1 Å². The van der Waals surface area contributed by atoms with Gasteiger partial charge in [0, 0.05) is 50.9 Å². The number of nitrogens with zero attached hydrogens (tertiary/aromatic N) is 2. The molecule has 0 spiro atoms. The summed E-state index contributed by atoms with van der Waals surface area (Å²) >= 11 is 0. The Balaban J connectivity index is 1.94. The molecule has 7 heteroatoms. The molecule has 1 N–H and O–H groups in total. The van der Waals surface area contributed by atoms with Gasteiger partial charge in [-0.2, -0.15) is 0 Å². The molecule has 0 aromatic heterocycles. The quantitative estimate of drug-likeness (QED) is 0.680. The molecular weight excluding hydrogens is 342 g/mol. The van der Waals surface area contributed by atoms with Crippen molar-refractivity contribution in [3.05, 3.63) is 35.4 Å². The maximum absolute atomic E-state index is 14.0. The van der Waals surface area contributed by atoms with Crippen LogP contribution in [-0.4, -0.2) is 79.7 Å². The van der Waals surface area contributed by atoms with E-state index in [0.717, 1.165) is 38.9 Å². The summed E-state index contributed by atoms with van der Waals surface area (Å²) in [5.74, 6) is -1.15. The summed E-state index contributed by atoms with van der Waals surface area (Å²) in [7, 11) is 0. The van der Waals surface area contributed by atoms with Crippen LogP contribution >= 0.6 is 0 Å². The van der Waals surface area contributed by atoms with Gasteiger partial charge in [-0.15, -0.1) is 0 Å². The fraction of sp³-hybridized carbons (Fsp3) is 0.684. The van der Waals surface area contributed by atoms with Crippen molar-refractivity contribution in [2.24, 2.45) is 0 Å². The Bertz CT molecular complexity index is 540. The predicted molar refractivity (Wildman–Crippen MR) is 96.0 cm³/mol. The molecule has 2 rings (SSSR count). The van der Waals surface area contributed by atoms with Gasteiger partial charge in [0.1, 0.15) is 11.6 Å². The molecule has 0 saturated carbocycles. The third-order valence-electron chi connectivity index (χ3n) is 4.34. The van der Waals surface area contributed by atoms with Crippen LogP contribution in [0.2, 0.25) is 0 Å². The highest BCUT2D eigenvalue weighted by atomic mass is 19.1. The van der Waals surface area contributed by atoms with Gasteiger partial charge in [-0.25, -0.2) is 8.78 Å². The van der Waals surface area contributed by atoms with E-state index in [-0.39, 0.29) is 12.7 Å². The first-order valence-electron chi connectivity index (χ1n) is 9.20. The van der Waals surface area contributed by atoms with Crippen molar-refractivity contribution < 1.29 is 23.4 Å². The van der Waals surface area contributed by atoms with Crippen molar-refractivity contribution in [3.63, 3.8) is 0 Å². The fourth-order valence-electron chi connectivity index (χ4n) is 2.89. The van der Waals surface area contributed by atoms with Crippen LogP contribution in [0.1, 0.15) is 19.4 Å². The summed E-state index contributed by atoms with van der Waals surface area (Å²) in [6.07, 6.45) is -0.619. The number of ether oxygens (including phenoxy) is 2. The van der Waals surface area contributed by atoms with Crippen LogP contribution in [0.25, 0.3) is 0 Å². The molecular formula is C19H30F2N2O3. The van der Waals surface area contributed by atoms with Crippen LogP contribution in [0, 0.1) is 11.6 Å². The van der Waals surface area contributed by atoms with Crippen molar-refractivity contribution in [1.29, 1.82) is 0 Å². The summed E-state index contributed by atoms with van der Waals surface area (Å²) in [5, 5.41) is 10.2. The summed E-state index contributed by atoms with van der Waals surface area (Å²) in [5.41, 5.74) is 0.422. The highest BCUT2D eigenvalue weighted by Gasteiger charge is 2.17. The van der Waals surface area contributed by atoms with Crippen LogP contribution in [0.4, 0.5) is 8.78 Å². The molecule has 0 amide bonds. The Kier molecular flexibility index (Phi) is 8.87. The Labute approximate surface area is 154 Å². The van der Waals surface area contributed by atoms with E-state index < -0.39 is 17.7 Å². The Morgan fingerprint density at radius 1 is 1.27 bits per heavy atom. The molecule has 0 unspecified atom stereocenters. The molecule has 5 nitrogen and oxygen atoms in total. The third-order valence-corrected chi connectivity index (χ3v) is 4.34. The van der Waals surface area contributed by atoms with Crippen molar-refractivity contribution in [3.8, 4) is 0 Å². The first-order chi connectivity index (χ1) is 12.4. The monoisotopic (exact) mass is 372 g/mol. The lowest BCUT2D eigenvalue weighted by Gasteiger charge is -2.31. The highest BCUT2D eigenvalue weighted by Crippen LogP contribution is 2.13. The second-order valence-electron chi connectivity index (χ2n) is 6.96. The number of rotatable bonds is 10. The molecule has 1 saturated heterocycles. The van der Waals surface area contributed by atoms with Gasteiger partial charge >= 0.3 is 0 Å². The zero-order valence-corrected chi connectivity index (χ0v) is 15.7. The summed E-state index contributed by atoms with van der Waals surface area (Å²) in [6, 6.07) is 3.62. The van der Waals surface area contributed by atoms with E-state index in [4.69, 9.17) is 9.47 Å². The molecule has 1 atom stereocenters. The van der Waals surface area contributed by atoms with Gasteiger partial charge in [0.15, 0.2) is 0 Å². The van der Waals surface area contributed by atoms with E-state index in [0.29, 0.717) is 25.2 Å². The summed E-state index contributed by atoms with van der Waals surface area (Å²) < 4.78 is 38.0. The number of hydrogen-bond acceptors (Lipinski definition) is 5. The van der Waals surface area contributed by atoms with Crippen molar-refractivity contribution in [2.45, 2.75) is 32.6 Å². The number of benzene rings is 1. The molecule has 1 aromatic rings. The largest absolute Gasteiger partial charge is 0.389 e. The normalized spacial score (nSPS) is 17.2. The van der Waals surface area contributed by atoms with Crippen LogP contribution in [0.5, 0.6) is 0 Å². The molecule has 1 aromatic carbocycles. The Hall–Kier alpha value is -1.12. The molecule has 0 radical (unpaired) electrons. The number of aliphatic hydroxyl groups excluding tert-OH is 1. The summed E-state index contributed by atoms with van der Waals surface area (Å²) in [4.78, 5) is 4.27. The lowest BCUT2D eigenvalue weighted by Crippen LogP contribution is -2.43. The smallest absolute Gasteiger partial charge is 0.130 e. The fourth-order valence-corrected chi connectivity index (χ4v) is 2.89. The molecule has 1 aliphatic rings. The Morgan fingerprint density at radius 2 is 2.00 bits per heavy atom. The van der Waals surface area contributed by atoms with E-state index in [2.05, 4.69) is 4.90 Å². The zero-order chi connectivity index (χ0) is 18.9. The molecule has 1 aliphatic heterocycles. The van der Waals surface area contributed by atoms with Crippen molar-refractivity contribution >= 4 is 0 Å². The summed E-state index contributed by atoms with van der Waals surface area (Å²) in [6.45, 7) is 9.41. The average molecular weight is 372 g/mol. The van der Waals surface area contributed by atoms with Crippen LogP contribution < -0.4 is 0 Å². The van der Waals surface area contributed by atoms with Gasteiger partial charge in [0.2, 0.25) is 0 Å². The third kappa shape index (κ3) is 7.63.